The summed E-state index contributed by atoms with van der Waals surface area (Å²) in [5.41, 5.74) is 2.67. The molecule has 3 heterocycles. The Balaban J connectivity index is 1.35. The summed E-state index contributed by atoms with van der Waals surface area (Å²) in [6.07, 6.45) is 11.5. The number of imidazole rings is 1. The molecule has 37 heavy (non-hydrogen) atoms. The summed E-state index contributed by atoms with van der Waals surface area (Å²) in [6, 6.07) is 2.00. The smallest absolute Gasteiger partial charge is 0.410 e. The van der Waals surface area contributed by atoms with E-state index in [4.69, 9.17) is 19.6 Å². The van der Waals surface area contributed by atoms with Crippen LogP contribution in [0.15, 0.2) is 24.7 Å². The molecular weight excluding hydrogens is 470 g/mol. The lowest BCUT2D eigenvalue weighted by Crippen LogP contribution is -2.41. The Morgan fingerprint density at radius 2 is 2.00 bits per heavy atom. The molecule has 0 aromatic carbocycles. The van der Waals surface area contributed by atoms with Crippen LogP contribution in [0.25, 0.3) is 17.0 Å². The molecule has 0 spiro atoms. The molecule has 1 unspecified atom stereocenters. The maximum atomic E-state index is 12.5. The van der Waals surface area contributed by atoms with Gasteiger partial charge in [-0.25, -0.2) is 19.3 Å². The Bertz CT molecular complexity index is 1260. The van der Waals surface area contributed by atoms with Crippen molar-refractivity contribution >= 4 is 17.6 Å². The third-order valence-electron chi connectivity index (χ3n) is 6.35. The zero-order valence-corrected chi connectivity index (χ0v) is 22.4. The molecule has 10 heteroatoms. The summed E-state index contributed by atoms with van der Waals surface area (Å²) < 4.78 is 13.5. The minimum Gasteiger partial charge on any atom is -0.488 e. The lowest BCUT2D eigenvalue weighted by atomic mass is 10.1. The molecule has 3 aromatic rings. The van der Waals surface area contributed by atoms with Gasteiger partial charge in [-0.05, 0) is 52.9 Å². The van der Waals surface area contributed by atoms with E-state index in [1.807, 2.05) is 31.4 Å². The molecule has 1 N–H and O–H groups in total. The number of hydrogen-bond acceptors (Lipinski definition) is 8. The summed E-state index contributed by atoms with van der Waals surface area (Å²) in [5.74, 6) is 1.96. The van der Waals surface area contributed by atoms with Crippen molar-refractivity contribution in [3.8, 4) is 17.1 Å². The highest BCUT2D eigenvalue weighted by Gasteiger charge is 2.33. The van der Waals surface area contributed by atoms with E-state index in [0.717, 1.165) is 61.3 Å². The van der Waals surface area contributed by atoms with Crippen molar-refractivity contribution in [3.63, 3.8) is 0 Å². The molecule has 0 saturated heterocycles. The Labute approximate surface area is 217 Å². The van der Waals surface area contributed by atoms with Gasteiger partial charge in [-0.3, -0.25) is 4.98 Å². The predicted octanol–water partition coefficient (Wildman–Crippen LogP) is 5.05. The van der Waals surface area contributed by atoms with Crippen molar-refractivity contribution in [2.24, 2.45) is 0 Å². The number of amides is 1. The van der Waals surface area contributed by atoms with Crippen LogP contribution in [0.5, 0.6) is 5.75 Å². The van der Waals surface area contributed by atoms with Gasteiger partial charge in [0, 0.05) is 31.6 Å². The largest absolute Gasteiger partial charge is 0.488 e. The first-order chi connectivity index (χ1) is 17.7. The number of likely N-dealkylation sites (N-methyl/N-ethyl adjacent to an activating group) is 1. The number of nitrogens with one attached hydrogen (secondary N) is 1. The van der Waals surface area contributed by atoms with Crippen LogP contribution in [0.4, 0.5) is 10.6 Å². The fraction of sp³-hybridized carbons (Fsp3) is 0.593. The van der Waals surface area contributed by atoms with Gasteiger partial charge < -0.3 is 19.7 Å². The predicted molar refractivity (Wildman–Crippen MR) is 141 cm³/mol. The van der Waals surface area contributed by atoms with Crippen LogP contribution in [-0.2, 0) is 4.74 Å². The van der Waals surface area contributed by atoms with Crippen LogP contribution < -0.4 is 10.1 Å². The fourth-order valence-corrected chi connectivity index (χ4v) is 4.26. The van der Waals surface area contributed by atoms with E-state index in [2.05, 4.69) is 22.2 Å². The van der Waals surface area contributed by atoms with Crippen LogP contribution in [0.2, 0.25) is 0 Å². The summed E-state index contributed by atoms with van der Waals surface area (Å²) in [4.78, 5) is 27.9. The van der Waals surface area contributed by atoms with Crippen molar-refractivity contribution in [2.75, 3.05) is 18.9 Å². The second-order valence-electron chi connectivity index (χ2n) is 11.2. The lowest BCUT2D eigenvalue weighted by Gasteiger charge is -2.28. The summed E-state index contributed by atoms with van der Waals surface area (Å²) in [6.45, 7) is 8.20. The van der Waals surface area contributed by atoms with Gasteiger partial charge in [0.2, 0.25) is 0 Å². The van der Waals surface area contributed by atoms with Crippen molar-refractivity contribution in [1.82, 2.24) is 29.5 Å². The van der Waals surface area contributed by atoms with Crippen molar-refractivity contribution in [2.45, 2.75) is 89.9 Å². The average Bonchev–Trinajstić information content (AvgIpc) is 3.77. The van der Waals surface area contributed by atoms with Crippen LogP contribution >= 0.6 is 0 Å². The lowest BCUT2D eigenvalue weighted by molar-refractivity contribution is 0.0291. The zero-order chi connectivity index (χ0) is 26.2. The molecule has 198 valence electrons. The highest BCUT2D eigenvalue weighted by molar-refractivity contribution is 5.68. The second-order valence-corrected chi connectivity index (χ2v) is 11.2. The maximum absolute atomic E-state index is 12.5. The van der Waals surface area contributed by atoms with Gasteiger partial charge in [-0.2, -0.15) is 5.10 Å². The van der Waals surface area contributed by atoms with Crippen molar-refractivity contribution in [3.05, 3.63) is 30.4 Å². The van der Waals surface area contributed by atoms with Gasteiger partial charge in [-0.15, -0.1) is 0 Å². The van der Waals surface area contributed by atoms with Gasteiger partial charge >= 0.3 is 6.09 Å². The van der Waals surface area contributed by atoms with Crippen LogP contribution in [0.1, 0.15) is 77.8 Å². The monoisotopic (exact) mass is 507 g/mol. The number of rotatable bonds is 10. The highest BCUT2D eigenvalue weighted by Crippen LogP contribution is 2.44. The van der Waals surface area contributed by atoms with Crippen LogP contribution in [-0.4, -0.2) is 66.9 Å². The normalized spacial score (nSPS) is 16.5. The van der Waals surface area contributed by atoms with E-state index >= 15 is 0 Å². The molecule has 10 nitrogen and oxygen atoms in total. The van der Waals surface area contributed by atoms with Gasteiger partial charge in [0.15, 0.2) is 5.65 Å². The van der Waals surface area contributed by atoms with Crippen LogP contribution in [0, 0.1) is 0 Å². The quantitative estimate of drug-likeness (QED) is 0.406. The Hall–Kier alpha value is -3.43. The number of nitrogens with zero attached hydrogens (tertiary/aromatic N) is 6. The molecule has 1 amide bonds. The fourth-order valence-electron chi connectivity index (χ4n) is 4.26. The standard InChI is InChI=1S/C27H37N7O3/c1-6-7-18(16-33(5)26(35)37-27(2,3)4)30-23-15-28-13-20(31-23)21-14-29-24-12-22(36-19-10-11-19)25(17-8-9-17)32-34(21)24/h12-15,17-19H,6-11,16H2,1-5H3,(H,30,31). The van der Waals surface area contributed by atoms with E-state index in [9.17, 15) is 4.79 Å². The van der Waals surface area contributed by atoms with E-state index < -0.39 is 5.60 Å². The van der Waals surface area contributed by atoms with Crippen LogP contribution in [0.3, 0.4) is 0 Å². The molecule has 0 bridgehead atoms. The second kappa shape index (κ2) is 10.1. The number of aromatic nitrogens is 5. The van der Waals surface area contributed by atoms with E-state index in [1.54, 1.807) is 30.5 Å². The first-order valence-corrected chi connectivity index (χ1v) is 13.3. The molecule has 3 aromatic heterocycles. The number of ether oxygens (including phenoxy) is 2. The maximum Gasteiger partial charge on any atom is 0.410 e. The summed E-state index contributed by atoms with van der Waals surface area (Å²) in [7, 11) is 1.75. The molecule has 2 aliphatic rings. The third-order valence-corrected chi connectivity index (χ3v) is 6.35. The Kier molecular flexibility index (Phi) is 6.92. The summed E-state index contributed by atoms with van der Waals surface area (Å²) in [5, 5.41) is 8.41. The average molecular weight is 508 g/mol. The number of carbonyl (C=O) groups is 1. The van der Waals surface area contributed by atoms with E-state index in [1.165, 1.54) is 0 Å². The molecule has 2 saturated carbocycles. The van der Waals surface area contributed by atoms with E-state index in [0.29, 0.717) is 30.1 Å². The highest BCUT2D eigenvalue weighted by atomic mass is 16.6. The van der Waals surface area contributed by atoms with Gasteiger partial charge in [0.05, 0.1) is 24.7 Å². The minimum atomic E-state index is -0.537. The van der Waals surface area contributed by atoms with E-state index in [-0.39, 0.29) is 12.1 Å². The Morgan fingerprint density at radius 1 is 1.22 bits per heavy atom. The molecule has 0 radical (unpaired) electrons. The molecule has 2 fully saturated rings. The van der Waals surface area contributed by atoms with Crippen molar-refractivity contribution in [1.29, 1.82) is 0 Å². The minimum absolute atomic E-state index is 0.00372. The first-order valence-electron chi connectivity index (χ1n) is 13.3. The van der Waals surface area contributed by atoms with Gasteiger partial charge in [-0.1, -0.05) is 13.3 Å². The molecule has 2 aliphatic carbocycles. The SMILES string of the molecule is CCCC(CN(C)C(=O)OC(C)(C)C)Nc1cncc(-c2cnc3cc(OC4CC4)c(C4CC4)nn23)n1. The molecule has 1 atom stereocenters. The molecule has 5 rings (SSSR count). The molecule has 0 aliphatic heterocycles. The number of hydrogen-bond donors (Lipinski definition) is 1. The number of fused-ring (bicyclic) bond motifs is 1. The molecular formula is C27H37N7O3. The number of carbonyl (C=O) groups excluding carboxylic acids is 1. The topological polar surface area (TPSA) is 107 Å². The summed E-state index contributed by atoms with van der Waals surface area (Å²) >= 11 is 0. The zero-order valence-electron chi connectivity index (χ0n) is 22.4. The Morgan fingerprint density at radius 3 is 2.68 bits per heavy atom. The third kappa shape index (κ3) is 6.29. The van der Waals surface area contributed by atoms with Gasteiger partial charge in [0.25, 0.3) is 0 Å². The number of anilines is 1. The first kappa shape index (κ1) is 25.2. The van der Waals surface area contributed by atoms with Crippen molar-refractivity contribution < 1.29 is 14.3 Å². The van der Waals surface area contributed by atoms with Gasteiger partial charge in [0.1, 0.15) is 34.3 Å².